The third kappa shape index (κ3) is 8.56. The summed E-state index contributed by atoms with van der Waals surface area (Å²) in [6.45, 7) is 2.53. The summed E-state index contributed by atoms with van der Waals surface area (Å²) < 4.78 is 0. The first-order valence-corrected chi connectivity index (χ1v) is 10.4. The summed E-state index contributed by atoms with van der Waals surface area (Å²) in [6.07, 6.45) is 0.236. The Bertz CT molecular complexity index is 761. The van der Waals surface area contributed by atoms with E-state index in [-0.39, 0.29) is 18.1 Å². The molecule has 4 atom stereocenters. The molecule has 4 unspecified atom stereocenters. The Hall–Kier alpha value is -2.63. The van der Waals surface area contributed by atoms with Gasteiger partial charge < -0.3 is 31.9 Å². The number of carbonyl (C=O) groups excluding carboxylic acids is 3. The smallest absolute Gasteiger partial charge is 0.326 e. The van der Waals surface area contributed by atoms with E-state index in [0.717, 1.165) is 5.56 Å². The number of nitrogens with one attached hydrogen (secondary N) is 3. The SMILES string of the molecule is CC(C)C(NC(=O)C(CS)NC(=O)C(CO)NC(=O)C(N)Cc1ccccc1)C(=O)O. The Balaban J connectivity index is 2.71. The second-order valence-corrected chi connectivity index (χ2v) is 7.72. The van der Waals surface area contributed by atoms with Crippen LogP contribution in [0, 0.1) is 5.92 Å². The molecule has 11 heteroatoms. The van der Waals surface area contributed by atoms with Crippen LogP contribution in [0.15, 0.2) is 30.3 Å². The lowest BCUT2D eigenvalue weighted by atomic mass is 10.0. The van der Waals surface area contributed by atoms with Gasteiger partial charge in [0.15, 0.2) is 0 Å². The number of rotatable bonds is 12. The molecule has 1 aromatic rings. The maximum atomic E-state index is 12.5. The molecule has 0 saturated heterocycles. The number of thiol groups is 1. The zero-order valence-electron chi connectivity index (χ0n) is 17.4. The number of carboxylic acid groups (broad SMARTS) is 1. The molecular formula is C20H30N4O6S. The number of benzene rings is 1. The van der Waals surface area contributed by atoms with Crippen molar-refractivity contribution in [2.24, 2.45) is 11.7 Å². The third-order valence-corrected chi connectivity index (χ3v) is 4.86. The standard InChI is InChI=1S/C20H30N4O6S/c1-11(2)16(20(29)30)24-19(28)15(10-31)23-18(27)14(9-25)22-17(26)13(21)8-12-6-4-3-5-7-12/h3-7,11,13-16,25,31H,8-10,21H2,1-2H3,(H,22,26)(H,23,27)(H,24,28)(H,29,30). The molecule has 10 nitrogen and oxygen atoms in total. The van der Waals surface area contributed by atoms with Gasteiger partial charge in [0.05, 0.1) is 12.6 Å². The van der Waals surface area contributed by atoms with Crippen molar-refractivity contribution >= 4 is 36.3 Å². The summed E-state index contributed by atoms with van der Waals surface area (Å²) in [4.78, 5) is 48.4. The van der Waals surface area contributed by atoms with Crippen molar-refractivity contribution in [3.8, 4) is 0 Å². The minimum absolute atomic E-state index is 0.123. The second-order valence-electron chi connectivity index (χ2n) is 7.35. The molecule has 0 saturated carbocycles. The molecule has 0 spiro atoms. The van der Waals surface area contributed by atoms with E-state index in [4.69, 9.17) is 5.73 Å². The molecule has 31 heavy (non-hydrogen) atoms. The van der Waals surface area contributed by atoms with Crippen LogP contribution in [0.3, 0.4) is 0 Å². The Labute approximate surface area is 186 Å². The number of hydrogen-bond donors (Lipinski definition) is 7. The Morgan fingerprint density at radius 2 is 1.52 bits per heavy atom. The van der Waals surface area contributed by atoms with E-state index in [1.807, 2.05) is 6.07 Å². The highest BCUT2D eigenvalue weighted by Crippen LogP contribution is 2.04. The number of amides is 3. The Kier molecular flexibility index (Phi) is 11.0. The van der Waals surface area contributed by atoms with E-state index in [9.17, 15) is 29.4 Å². The van der Waals surface area contributed by atoms with E-state index >= 15 is 0 Å². The van der Waals surface area contributed by atoms with Crippen molar-refractivity contribution in [3.63, 3.8) is 0 Å². The predicted octanol–water partition coefficient (Wildman–Crippen LogP) is -1.33. The molecule has 0 fully saturated rings. The van der Waals surface area contributed by atoms with Crippen LogP contribution in [0.25, 0.3) is 0 Å². The largest absolute Gasteiger partial charge is 0.480 e. The summed E-state index contributed by atoms with van der Waals surface area (Å²) in [5.74, 6) is -3.92. The molecule has 172 valence electrons. The molecule has 1 rings (SSSR count). The lowest BCUT2D eigenvalue weighted by molar-refractivity contribution is -0.143. The summed E-state index contributed by atoms with van der Waals surface area (Å²) in [5.41, 5.74) is 6.72. The number of aliphatic hydroxyl groups excluding tert-OH is 1. The number of hydrogen-bond acceptors (Lipinski definition) is 7. The first-order valence-electron chi connectivity index (χ1n) is 9.75. The summed E-state index contributed by atoms with van der Waals surface area (Å²) >= 11 is 4.02. The van der Waals surface area contributed by atoms with Gasteiger partial charge in [-0.1, -0.05) is 44.2 Å². The average Bonchev–Trinajstić information content (AvgIpc) is 2.73. The van der Waals surface area contributed by atoms with Crippen molar-refractivity contribution in [2.45, 2.75) is 44.4 Å². The minimum atomic E-state index is -1.34. The topological polar surface area (TPSA) is 171 Å². The number of carbonyl (C=O) groups is 4. The van der Waals surface area contributed by atoms with E-state index in [1.165, 1.54) is 0 Å². The van der Waals surface area contributed by atoms with Gasteiger partial charge in [-0.3, -0.25) is 14.4 Å². The second kappa shape index (κ2) is 12.9. The number of nitrogens with two attached hydrogens (primary N) is 1. The van der Waals surface area contributed by atoms with Crippen LogP contribution in [-0.2, 0) is 25.6 Å². The minimum Gasteiger partial charge on any atom is -0.480 e. The van der Waals surface area contributed by atoms with Gasteiger partial charge in [-0.05, 0) is 17.9 Å². The highest BCUT2D eigenvalue weighted by Gasteiger charge is 2.30. The highest BCUT2D eigenvalue weighted by molar-refractivity contribution is 7.80. The maximum Gasteiger partial charge on any atom is 0.326 e. The van der Waals surface area contributed by atoms with E-state index in [2.05, 4.69) is 28.6 Å². The van der Waals surface area contributed by atoms with E-state index in [1.54, 1.807) is 38.1 Å². The zero-order chi connectivity index (χ0) is 23.6. The van der Waals surface area contributed by atoms with Crippen LogP contribution in [0.4, 0.5) is 0 Å². The normalized spacial score (nSPS) is 14.8. The molecular weight excluding hydrogens is 424 g/mol. The van der Waals surface area contributed by atoms with Gasteiger partial charge in [-0.2, -0.15) is 12.6 Å². The van der Waals surface area contributed by atoms with E-state index in [0.29, 0.717) is 0 Å². The van der Waals surface area contributed by atoms with Crippen LogP contribution in [0.2, 0.25) is 0 Å². The van der Waals surface area contributed by atoms with Crippen molar-refractivity contribution in [1.29, 1.82) is 0 Å². The molecule has 0 aliphatic rings. The summed E-state index contributed by atoms with van der Waals surface area (Å²) in [5, 5.41) is 25.8. The molecule has 0 bridgehead atoms. The number of carboxylic acids is 1. The predicted molar refractivity (Wildman–Crippen MR) is 117 cm³/mol. The molecule has 3 amide bonds. The van der Waals surface area contributed by atoms with Crippen molar-refractivity contribution in [1.82, 2.24) is 16.0 Å². The molecule has 0 aliphatic carbocycles. The lowest BCUT2D eigenvalue weighted by Crippen LogP contribution is -2.59. The molecule has 0 radical (unpaired) electrons. The molecule has 7 N–H and O–H groups in total. The average molecular weight is 455 g/mol. The zero-order valence-corrected chi connectivity index (χ0v) is 18.3. The fourth-order valence-corrected chi connectivity index (χ4v) is 2.92. The monoisotopic (exact) mass is 454 g/mol. The highest BCUT2D eigenvalue weighted by atomic mass is 32.1. The molecule has 0 aromatic heterocycles. The maximum absolute atomic E-state index is 12.5. The summed E-state index contributed by atoms with van der Waals surface area (Å²) in [7, 11) is 0. The number of aliphatic hydroxyl groups is 1. The number of aliphatic carboxylic acids is 1. The van der Waals surface area contributed by atoms with Crippen molar-refractivity contribution in [2.75, 3.05) is 12.4 Å². The van der Waals surface area contributed by atoms with Gasteiger partial charge >= 0.3 is 5.97 Å². The first-order chi connectivity index (χ1) is 14.6. The van der Waals surface area contributed by atoms with Crippen molar-refractivity contribution < 1.29 is 29.4 Å². The van der Waals surface area contributed by atoms with Crippen LogP contribution in [0.1, 0.15) is 19.4 Å². The van der Waals surface area contributed by atoms with E-state index < -0.39 is 54.5 Å². The van der Waals surface area contributed by atoms with Crippen LogP contribution >= 0.6 is 12.6 Å². The van der Waals surface area contributed by atoms with Gasteiger partial charge in [-0.15, -0.1) is 0 Å². The quantitative estimate of drug-likeness (QED) is 0.192. The fraction of sp³-hybridized carbons (Fsp3) is 0.500. The molecule has 1 aromatic carbocycles. The van der Waals surface area contributed by atoms with Crippen LogP contribution < -0.4 is 21.7 Å². The van der Waals surface area contributed by atoms with Gasteiger partial charge in [-0.25, -0.2) is 4.79 Å². The van der Waals surface area contributed by atoms with Gasteiger partial charge in [0.2, 0.25) is 17.7 Å². The van der Waals surface area contributed by atoms with Crippen LogP contribution in [0.5, 0.6) is 0 Å². The lowest BCUT2D eigenvalue weighted by Gasteiger charge is -2.24. The fourth-order valence-electron chi connectivity index (χ4n) is 2.67. The molecule has 0 aliphatic heterocycles. The van der Waals surface area contributed by atoms with Gasteiger partial charge in [0.1, 0.15) is 18.1 Å². The first kappa shape index (κ1) is 26.4. The third-order valence-electron chi connectivity index (χ3n) is 4.50. The van der Waals surface area contributed by atoms with Gasteiger partial charge in [0.25, 0.3) is 0 Å². The Morgan fingerprint density at radius 3 is 2.00 bits per heavy atom. The van der Waals surface area contributed by atoms with Crippen LogP contribution in [-0.4, -0.2) is 70.4 Å². The molecule has 0 heterocycles. The van der Waals surface area contributed by atoms with Gasteiger partial charge in [0, 0.05) is 5.75 Å². The van der Waals surface area contributed by atoms with Crippen molar-refractivity contribution in [3.05, 3.63) is 35.9 Å². The Morgan fingerprint density at radius 1 is 0.968 bits per heavy atom. The summed E-state index contributed by atoms with van der Waals surface area (Å²) in [6, 6.07) is 4.45.